The summed E-state index contributed by atoms with van der Waals surface area (Å²) in [5, 5.41) is 13.3. The molecule has 1 N–H and O–H groups in total. The Balaban J connectivity index is 2.10. The molecule has 0 saturated carbocycles. The maximum atomic E-state index is 12.1. The molecule has 6 heteroatoms. The first-order valence-electron chi connectivity index (χ1n) is 6.24. The Labute approximate surface area is 121 Å². The summed E-state index contributed by atoms with van der Waals surface area (Å²) < 4.78 is 5.00. The summed E-state index contributed by atoms with van der Waals surface area (Å²) >= 11 is 0. The fraction of sp³-hybridized carbons (Fsp3) is 0.133. The van der Waals surface area contributed by atoms with Crippen LogP contribution in [-0.4, -0.2) is 17.9 Å². The first kappa shape index (κ1) is 14.7. The van der Waals surface area contributed by atoms with Gasteiger partial charge in [-0.25, -0.2) is 0 Å². The second kappa shape index (κ2) is 6.62. The molecule has 0 fully saturated rings. The van der Waals surface area contributed by atoms with Crippen molar-refractivity contribution in [3.8, 4) is 0 Å². The largest absolute Gasteiger partial charge is 0.380 e. The van der Waals surface area contributed by atoms with Gasteiger partial charge in [-0.05, 0) is 23.8 Å². The topological polar surface area (TPSA) is 81.5 Å². The third kappa shape index (κ3) is 3.87. The fourth-order valence-electron chi connectivity index (χ4n) is 1.82. The number of amides is 1. The van der Waals surface area contributed by atoms with Crippen LogP contribution >= 0.6 is 0 Å². The van der Waals surface area contributed by atoms with Crippen molar-refractivity contribution in [1.82, 2.24) is 0 Å². The van der Waals surface area contributed by atoms with Gasteiger partial charge < -0.3 is 10.1 Å². The van der Waals surface area contributed by atoms with Crippen molar-refractivity contribution < 1.29 is 14.5 Å². The van der Waals surface area contributed by atoms with Gasteiger partial charge in [0.15, 0.2) is 0 Å². The lowest BCUT2D eigenvalue weighted by atomic mass is 10.1. The molecule has 2 aromatic rings. The van der Waals surface area contributed by atoms with Gasteiger partial charge in [0.05, 0.1) is 11.5 Å². The maximum absolute atomic E-state index is 12.1. The van der Waals surface area contributed by atoms with Crippen LogP contribution in [0.25, 0.3) is 0 Å². The maximum Gasteiger partial charge on any atom is 0.271 e. The molecule has 108 valence electrons. The summed E-state index contributed by atoms with van der Waals surface area (Å²) in [4.78, 5) is 22.2. The summed E-state index contributed by atoms with van der Waals surface area (Å²) in [6, 6.07) is 12.8. The molecule has 0 bridgehead atoms. The number of methoxy groups -OCH3 is 1. The lowest BCUT2D eigenvalue weighted by molar-refractivity contribution is -0.384. The van der Waals surface area contributed by atoms with E-state index in [1.54, 1.807) is 37.4 Å². The normalized spacial score (nSPS) is 10.1. The zero-order chi connectivity index (χ0) is 15.2. The van der Waals surface area contributed by atoms with Crippen molar-refractivity contribution in [2.45, 2.75) is 6.61 Å². The standard InChI is InChI=1S/C15H14N2O4/c1-21-10-11-5-7-12(8-6-11)15(18)16-13-3-2-4-14(9-13)17(19)20/h2-9H,10H2,1H3,(H,16,18). The van der Waals surface area contributed by atoms with Gasteiger partial charge >= 0.3 is 0 Å². The van der Waals surface area contributed by atoms with Gasteiger partial charge in [0.2, 0.25) is 0 Å². The first-order valence-corrected chi connectivity index (χ1v) is 6.24. The summed E-state index contributed by atoms with van der Waals surface area (Å²) in [7, 11) is 1.60. The molecule has 21 heavy (non-hydrogen) atoms. The van der Waals surface area contributed by atoms with Crippen molar-refractivity contribution in [1.29, 1.82) is 0 Å². The lowest BCUT2D eigenvalue weighted by Gasteiger charge is -2.06. The Morgan fingerprint density at radius 1 is 1.24 bits per heavy atom. The SMILES string of the molecule is COCc1ccc(C(=O)Nc2cccc([N+](=O)[O-])c2)cc1. The van der Waals surface area contributed by atoms with Crippen molar-refractivity contribution in [3.05, 3.63) is 69.8 Å². The average Bonchev–Trinajstić information content (AvgIpc) is 2.48. The van der Waals surface area contributed by atoms with Crippen LogP contribution < -0.4 is 5.32 Å². The average molecular weight is 286 g/mol. The molecule has 0 spiro atoms. The van der Waals surface area contributed by atoms with Gasteiger partial charge in [-0.1, -0.05) is 18.2 Å². The smallest absolute Gasteiger partial charge is 0.271 e. The number of benzene rings is 2. The summed E-state index contributed by atoms with van der Waals surface area (Å²) in [5.41, 5.74) is 1.75. The first-order chi connectivity index (χ1) is 10.1. The molecule has 2 aromatic carbocycles. The molecular weight excluding hydrogens is 272 g/mol. The number of nitrogens with one attached hydrogen (secondary N) is 1. The number of nitrogens with zero attached hydrogens (tertiary/aromatic N) is 1. The van der Waals surface area contributed by atoms with Crippen LogP contribution in [0.1, 0.15) is 15.9 Å². The van der Waals surface area contributed by atoms with E-state index in [9.17, 15) is 14.9 Å². The zero-order valence-electron chi connectivity index (χ0n) is 11.4. The van der Waals surface area contributed by atoms with Gasteiger partial charge in [-0.15, -0.1) is 0 Å². The van der Waals surface area contributed by atoms with Crippen LogP contribution in [0.3, 0.4) is 0 Å². The second-order valence-electron chi connectivity index (χ2n) is 4.39. The monoisotopic (exact) mass is 286 g/mol. The third-order valence-corrected chi connectivity index (χ3v) is 2.84. The minimum absolute atomic E-state index is 0.0664. The van der Waals surface area contributed by atoms with E-state index in [0.29, 0.717) is 17.9 Å². The number of non-ortho nitro benzene ring substituents is 1. The highest BCUT2D eigenvalue weighted by molar-refractivity contribution is 6.04. The number of carbonyl (C=O) groups is 1. The Morgan fingerprint density at radius 3 is 2.57 bits per heavy atom. The summed E-state index contributed by atoms with van der Waals surface area (Å²) in [5.74, 6) is -0.320. The number of ether oxygens (including phenoxy) is 1. The highest BCUT2D eigenvalue weighted by atomic mass is 16.6. The molecule has 0 aromatic heterocycles. The minimum Gasteiger partial charge on any atom is -0.380 e. The number of carbonyl (C=O) groups excluding carboxylic acids is 1. The van der Waals surface area contributed by atoms with Crippen molar-refractivity contribution >= 4 is 17.3 Å². The van der Waals surface area contributed by atoms with Crippen LogP contribution in [0.5, 0.6) is 0 Å². The van der Waals surface area contributed by atoms with Crippen LogP contribution in [0.4, 0.5) is 11.4 Å². The molecule has 1 amide bonds. The highest BCUT2D eigenvalue weighted by Crippen LogP contribution is 2.18. The van der Waals surface area contributed by atoms with Crippen molar-refractivity contribution in [2.75, 3.05) is 12.4 Å². The predicted octanol–water partition coefficient (Wildman–Crippen LogP) is 2.99. The Hall–Kier alpha value is -2.73. The van der Waals surface area contributed by atoms with E-state index in [1.807, 2.05) is 0 Å². The predicted molar refractivity (Wildman–Crippen MR) is 78.2 cm³/mol. The number of nitro groups is 1. The fourth-order valence-corrected chi connectivity index (χ4v) is 1.82. The van der Waals surface area contributed by atoms with E-state index in [2.05, 4.69) is 5.32 Å². The van der Waals surface area contributed by atoms with Crippen molar-refractivity contribution in [3.63, 3.8) is 0 Å². The molecule has 0 aliphatic heterocycles. The molecule has 0 radical (unpaired) electrons. The molecule has 0 aliphatic rings. The van der Waals surface area contributed by atoms with Crippen LogP contribution in [0.15, 0.2) is 48.5 Å². The zero-order valence-corrected chi connectivity index (χ0v) is 11.4. The molecule has 0 saturated heterocycles. The van der Waals surface area contributed by atoms with Gasteiger partial charge in [-0.3, -0.25) is 14.9 Å². The number of hydrogen-bond donors (Lipinski definition) is 1. The molecule has 6 nitrogen and oxygen atoms in total. The summed E-state index contributed by atoms with van der Waals surface area (Å²) in [6.45, 7) is 0.479. The molecule has 0 atom stereocenters. The van der Waals surface area contributed by atoms with Crippen LogP contribution in [0.2, 0.25) is 0 Å². The van der Waals surface area contributed by atoms with E-state index in [-0.39, 0.29) is 11.6 Å². The Kier molecular flexibility index (Phi) is 4.63. The van der Waals surface area contributed by atoms with Gasteiger partial charge in [0.1, 0.15) is 0 Å². The van der Waals surface area contributed by atoms with Crippen LogP contribution in [-0.2, 0) is 11.3 Å². The molecule has 2 rings (SSSR count). The van der Waals surface area contributed by atoms with E-state index in [1.165, 1.54) is 18.2 Å². The molecule has 0 heterocycles. The molecule has 0 unspecified atom stereocenters. The lowest BCUT2D eigenvalue weighted by Crippen LogP contribution is -2.12. The van der Waals surface area contributed by atoms with E-state index >= 15 is 0 Å². The summed E-state index contributed by atoms with van der Waals surface area (Å²) in [6.07, 6.45) is 0. The molecule has 0 aliphatic carbocycles. The minimum atomic E-state index is -0.505. The van der Waals surface area contributed by atoms with Crippen molar-refractivity contribution in [2.24, 2.45) is 0 Å². The number of rotatable bonds is 5. The Morgan fingerprint density at radius 2 is 1.95 bits per heavy atom. The number of anilines is 1. The third-order valence-electron chi connectivity index (χ3n) is 2.84. The van der Waals surface area contributed by atoms with E-state index < -0.39 is 4.92 Å². The van der Waals surface area contributed by atoms with E-state index in [0.717, 1.165) is 5.56 Å². The highest BCUT2D eigenvalue weighted by Gasteiger charge is 2.09. The Bertz CT molecular complexity index is 653. The molecular formula is C15H14N2O4. The van der Waals surface area contributed by atoms with E-state index in [4.69, 9.17) is 4.74 Å². The second-order valence-corrected chi connectivity index (χ2v) is 4.39. The van der Waals surface area contributed by atoms with Crippen LogP contribution in [0, 0.1) is 10.1 Å². The quantitative estimate of drug-likeness (QED) is 0.676. The van der Waals surface area contributed by atoms with Gasteiger partial charge in [-0.2, -0.15) is 0 Å². The number of nitro benzene ring substituents is 1. The number of hydrogen-bond acceptors (Lipinski definition) is 4. The van der Waals surface area contributed by atoms with Gasteiger partial charge in [0, 0.05) is 30.5 Å². The van der Waals surface area contributed by atoms with Gasteiger partial charge in [0.25, 0.3) is 11.6 Å².